The van der Waals surface area contributed by atoms with Crippen molar-refractivity contribution in [2.24, 2.45) is 0 Å². The van der Waals surface area contributed by atoms with E-state index in [1.54, 1.807) is 0 Å². The number of nitrogens with zero attached hydrogens (tertiary/aromatic N) is 2. The Hall–Kier alpha value is -2.73. The normalized spacial score (nSPS) is 12.0. The highest BCUT2D eigenvalue weighted by Gasteiger charge is 2.38. The average Bonchev–Trinajstić information content (AvgIpc) is 3.12. The van der Waals surface area contributed by atoms with Gasteiger partial charge in [-0.05, 0) is 36.4 Å². The molecule has 0 bridgehead atoms. The topological polar surface area (TPSA) is 102 Å². The highest BCUT2D eigenvalue weighted by molar-refractivity contribution is 9.10. The molecule has 0 saturated heterocycles. The van der Waals surface area contributed by atoms with Crippen molar-refractivity contribution in [2.45, 2.75) is 11.1 Å². The van der Waals surface area contributed by atoms with E-state index in [0.29, 0.717) is 4.47 Å². The number of amides is 1. The Bertz CT molecular complexity index is 1110. The Kier molecular flexibility index (Phi) is 5.26. The zero-order valence-electron chi connectivity index (χ0n) is 13.6. The quantitative estimate of drug-likeness (QED) is 0.617. The first-order valence-electron chi connectivity index (χ1n) is 7.40. The van der Waals surface area contributed by atoms with Gasteiger partial charge in [-0.15, -0.1) is 0 Å². The van der Waals surface area contributed by atoms with E-state index in [4.69, 9.17) is 0 Å². The van der Waals surface area contributed by atoms with Crippen molar-refractivity contribution in [1.82, 2.24) is 14.9 Å². The lowest BCUT2D eigenvalue weighted by Crippen LogP contribution is -2.30. The molecular formula is C16H9BrF3N3O4S. The largest absolute Gasteiger partial charge is 0.471 e. The van der Waals surface area contributed by atoms with Crippen molar-refractivity contribution in [3.05, 3.63) is 64.5 Å². The minimum absolute atomic E-state index is 0.0241. The summed E-state index contributed by atoms with van der Waals surface area (Å²) in [4.78, 5) is 15.3. The minimum atomic E-state index is -4.77. The van der Waals surface area contributed by atoms with Crippen LogP contribution < -0.4 is 4.72 Å². The number of benzene rings is 2. The second-order valence-corrected chi connectivity index (χ2v) is 7.98. The molecule has 146 valence electrons. The third kappa shape index (κ3) is 4.39. The van der Waals surface area contributed by atoms with Gasteiger partial charge in [0.25, 0.3) is 15.9 Å². The molecule has 0 atom stereocenters. The summed E-state index contributed by atoms with van der Waals surface area (Å²) in [5.41, 5.74) is 0.135. The number of alkyl halides is 3. The second-order valence-electron chi connectivity index (χ2n) is 5.39. The van der Waals surface area contributed by atoms with E-state index in [-0.39, 0.29) is 21.8 Å². The molecule has 0 saturated carbocycles. The Morgan fingerprint density at radius 3 is 2.18 bits per heavy atom. The second kappa shape index (κ2) is 7.36. The van der Waals surface area contributed by atoms with Gasteiger partial charge in [-0.25, -0.2) is 13.1 Å². The summed E-state index contributed by atoms with van der Waals surface area (Å²) in [6.07, 6.45) is -4.77. The average molecular weight is 476 g/mol. The van der Waals surface area contributed by atoms with Crippen LogP contribution in [0, 0.1) is 0 Å². The Morgan fingerprint density at radius 1 is 1.04 bits per heavy atom. The van der Waals surface area contributed by atoms with E-state index in [0.717, 1.165) is 0 Å². The van der Waals surface area contributed by atoms with E-state index in [1.807, 2.05) is 4.72 Å². The SMILES string of the molecule is O=C(NS(=O)(=O)c1ccc(Br)cc1)c1ccc(-c2noc(C(F)(F)F)n2)cc1. The van der Waals surface area contributed by atoms with Crippen molar-refractivity contribution in [3.8, 4) is 11.4 Å². The lowest BCUT2D eigenvalue weighted by atomic mass is 10.1. The minimum Gasteiger partial charge on any atom is -0.329 e. The van der Waals surface area contributed by atoms with E-state index in [9.17, 15) is 26.4 Å². The number of hydrogen-bond donors (Lipinski definition) is 1. The maximum Gasteiger partial charge on any atom is 0.471 e. The third-order valence-corrected chi connectivity index (χ3v) is 5.30. The molecule has 3 rings (SSSR count). The number of carbonyl (C=O) groups is 1. The first-order chi connectivity index (χ1) is 13.1. The van der Waals surface area contributed by atoms with Crippen LogP contribution in [0.3, 0.4) is 0 Å². The van der Waals surface area contributed by atoms with Crippen LogP contribution in [-0.2, 0) is 16.2 Å². The predicted octanol–water partition coefficient (Wildman–Crippen LogP) is 3.64. The highest BCUT2D eigenvalue weighted by atomic mass is 79.9. The first kappa shape index (κ1) is 20.0. The summed E-state index contributed by atoms with van der Waals surface area (Å²) in [6.45, 7) is 0. The van der Waals surface area contributed by atoms with Crippen LogP contribution in [0.1, 0.15) is 16.2 Å². The lowest BCUT2D eigenvalue weighted by Gasteiger charge is -2.07. The molecule has 0 aliphatic rings. The number of hydrogen-bond acceptors (Lipinski definition) is 6. The summed E-state index contributed by atoms with van der Waals surface area (Å²) in [6, 6.07) is 10.6. The van der Waals surface area contributed by atoms with Crippen molar-refractivity contribution >= 4 is 31.9 Å². The fourth-order valence-electron chi connectivity index (χ4n) is 2.08. The molecule has 0 radical (unpaired) electrons. The molecule has 0 aliphatic carbocycles. The Morgan fingerprint density at radius 2 is 1.64 bits per heavy atom. The van der Waals surface area contributed by atoms with Gasteiger partial charge in [-0.3, -0.25) is 4.79 Å². The van der Waals surface area contributed by atoms with Crippen LogP contribution in [0.4, 0.5) is 13.2 Å². The predicted molar refractivity (Wildman–Crippen MR) is 93.5 cm³/mol. The molecular weight excluding hydrogens is 467 g/mol. The lowest BCUT2D eigenvalue weighted by molar-refractivity contribution is -0.159. The van der Waals surface area contributed by atoms with E-state index in [1.165, 1.54) is 48.5 Å². The van der Waals surface area contributed by atoms with Crippen LogP contribution >= 0.6 is 15.9 Å². The molecule has 7 nitrogen and oxygen atoms in total. The highest BCUT2D eigenvalue weighted by Crippen LogP contribution is 2.29. The van der Waals surface area contributed by atoms with Crippen molar-refractivity contribution in [1.29, 1.82) is 0 Å². The van der Waals surface area contributed by atoms with E-state index in [2.05, 4.69) is 30.6 Å². The van der Waals surface area contributed by atoms with Gasteiger partial charge in [0, 0.05) is 15.6 Å². The molecule has 0 fully saturated rings. The third-order valence-electron chi connectivity index (χ3n) is 3.42. The molecule has 0 spiro atoms. The summed E-state index contributed by atoms with van der Waals surface area (Å²) < 4.78 is 68.7. The number of nitrogens with one attached hydrogen (secondary N) is 1. The molecule has 1 N–H and O–H groups in total. The van der Waals surface area contributed by atoms with Gasteiger partial charge in [-0.1, -0.05) is 33.2 Å². The summed E-state index contributed by atoms with van der Waals surface area (Å²) >= 11 is 3.18. The van der Waals surface area contributed by atoms with Gasteiger partial charge in [0.15, 0.2) is 0 Å². The van der Waals surface area contributed by atoms with Crippen molar-refractivity contribution < 1.29 is 30.9 Å². The van der Waals surface area contributed by atoms with Crippen LogP contribution in [0.2, 0.25) is 0 Å². The van der Waals surface area contributed by atoms with E-state index >= 15 is 0 Å². The molecule has 28 heavy (non-hydrogen) atoms. The van der Waals surface area contributed by atoms with Gasteiger partial charge in [0.2, 0.25) is 5.82 Å². The molecule has 1 aromatic heterocycles. The number of rotatable bonds is 4. The smallest absolute Gasteiger partial charge is 0.329 e. The van der Waals surface area contributed by atoms with Gasteiger partial charge in [0.1, 0.15) is 0 Å². The molecule has 1 heterocycles. The maximum atomic E-state index is 12.5. The van der Waals surface area contributed by atoms with Gasteiger partial charge >= 0.3 is 12.1 Å². The first-order valence-corrected chi connectivity index (χ1v) is 9.68. The summed E-state index contributed by atoms with van der Waals surface area (Å²) in [5.74, 6) is -2.72. The zero-order valence-corrected chi connectivity index (χ0v) is 16.0. The molecule has 0 aliphatic heterocycles. The van der Waals surface area contributed by atoms with Crippen LogP contribution in [0.15, 0.2) is 62.4 Å². The van der Waals surface area contributed by atoms with Crippen LogP contribution in [0.25, 0.3) is 11.4 Å². The van der Waals surface area contributed by atoms with Gasteiger partial charge in [0.05, 0.1) is 4.90 Å². The van der Waals surface area contributed by atoms with Crippen LogP contribution in [-0.4, -0.2) is 24.5 Å². The summed E-state index contributed by atoms with van der Waals surface area (Å²) in [5, 5.41) is 3.23. The molecule has 3 aromatic rings. The number of aromatic nitrogens is 2. The zero-order chi connectivity index (χ0) is 20.5. The fourth-order valence-corrected chi connectivity index (χ4v) is 3.32. The number of halogens is 4. The standard InChI is InChI=1S/C16H9BrF3N3O4S/c17-11-5-7-12(8-6-11)28(25,26)23-14(24)10-3-1-9(2-4-10)13-21-15(27-22-13)16(18,19)20/h1-8H,(H,23,24). The number of sulfonamides is 1. The monoisotopic (exact) mass is 475 g/mol. The maximum absolute atomic E-state index is 12.5. The molecule has 2 aromatic carbocycles. The molecule has 12 heteroatoms. The van der Waals surface area contributed by atoms with E-state index < -0.39 is 28.0 Å². The number of carbonyl (C=O) groups excluding carboxylic acids is 1. The Labute approximate surface area is 164 Å². The molecule has 0 unspecified atom stereocenters. The summed E-state index contributed by atoms with van der Waals surface area (Å²) in [7, 11) is -4.08. The fraction of sp³-hybridized carbons (Fsp3) is 0.0625. The van der Waals surface area contributed by atoms with Gasteiger partial charge < -0.3 is 4.52 Å². The van der Waals surface area contributed by atoms with Crippen molar-refractivity contribution in [3.63, 3.8) is 0 Å². The molecule has 1 amide bonds. The van der Waals surface area contributed by atoms with Crippen LogP contribution in [0.5, 0.6) is 0 Å². The Balaban J connectivity index is 1.77. The van der Waals surface area contributed by atoms with Gasteiger partial charge in [-0.2, -0.15) is 18.2 Å². The van der Waals surface area contributed by atoms with Crippen molar-refractivity contribution in [2.75, 3.05) is 0 Å².